The molecule has 2 rings (SSSR count). The van der Waals surface area contributed by atoms with E-state index in [1.165, 1.54) is 23.5 Å². The van der Waals surface area contributed by atoms with E-state index in [4.69, 9.17) is 4.74 Å². The summed E-state index contributed by atoms with van der Waals surface area (Å²) in [6.07, 6.45) is 1.63. The molecule has 106 valence electrons. The number of nitrogens with one attached hydrogen (secondary N) is 1. The van der Waals surface area contributed by atoms with Crippen molar-refractivity contribution in [3.8, 4) is 0 Å². The molecule has 0 saturated carbocycles. The second kappa shape index (κ2) is 6.00. The molecule has 1 aromatic heterocycles. The number of carbonyl (C=O) groups excluding carboxylic acids is 1. The third-order valence-electron chi connectivity index (χ3n) is 2.78. The lowest BCUT2D eigenvalue weighted by molar-refractivity contribution is -0.148. The van der Waals surface area contributed by atoms with Gasteiger partial charge in [-0.05, 0) is 38.1 Å². The molecule has 2 aromatic rings. The number of halogens is 1. The normalized spacial score (nSPS) is 13.6. The van der Waals surface area contributed by atoms with Crippen molar-refractivity contribution in [1.82, 2.24) is 4.98 Å². The van der Waals surface area contributed by atoms with Crippen LogP contribution in [0.5, 0.6) is 0 Å². The number of aromatic nitrogens is 1. The molecule has 0 aliphatic heterocycles. The van der Waals surface area contributed by atoms with E-state index in [2.05, 4.69) is 10.3 Å². The van der Waals surface area contributed by atoms with Gasteiger partial charge in [0, 0.05) is 17.3 Å². The SMILES string of the molecule is CCOC(=O)C(C)(Nc1ccc(F)cc1)c1nccs1. The number of carbonyl (C=O) groups is 1. The van der Waals surface area contributed by atoms with E-state index in [9.17, 15) is 9.18 Å². The fraction of sp³-hybridized carbons (Fsp3) is 0.286. The highest BCUT2D eigenvalue weighted by Crippen LogP contribution is 2.29. The van der Waals surface area contributed by atoms with Crippen LogP contribution in [0.15, 0.2) is 35.8 Å². The van der Waals surface area contributed by atoms with Gasteiger partial charge in [-0.25, -0.2) is 14.2 Å². The Hall–Kier alpha value is -1.95. The minimum absolute atomic E-state index is 0.283. The first-order valence-corrected chi connectivity index (χ1v) is 7.05. The van der Waals surface area contributed by atoms with E-state index in [0.29, 0.717) is 10.7 Å². The van der Waals surface area contributed by atoms with E-state index >= 15 is 0 Å². The van der Waals surface area contributed by atoms with E-state index in [0.717, 1.165) is 0 Å². The molecule has 0 saturated heterocycles. The van der Waals surface area contributed by atoms with Crippen LogP contribution in [0.3, 0.4) is 0 Å². The van der Waals surface area contributed by atoms with Gasteiger partial charge in [-0.3, -0.25) is 0 Å². The third-order valence-corrected chi connectivity index (χ3v) is 3.78. The van der Waals surface area contributed by atoms with Crippen molar-refractivity contribution in [2.24, 2.45) is 0 Å². The number of thiazole rings is 1. The van der Waals surface area contributed by atoms with Crippen LogP contribution in [0.25, 0.3) is 0 Å². The van der Waals surface area contributed by atoms with Crippen molar-refractivity contribution in [3.05, 3.63) is 46.7 Å². The zero-order valence-corrected chi connectivity index (χ0v) is 12.0. The van der Waals surface area contributed by atoms with Gasteiger partial charge in [-0.15, -0.1) is 11.3 Å². The summed E-state index contributed by atoms with van der Waals surface area (Å²) >= 11 is 1.36. The summed E-state index contributed by atoms with van der Waals surface area (Å²) in [7, 11) is 0. The zero-order valence-electron chi connectivity index (χ0n) is 11.2. The molecule has 1 N–H and O–H groups in total. The molecule has 0 fully saturated rings. The van der Waals surface area contributed by atoms with Crippen molar-refractivity contribution >= 4 is 23.0 Å². The Kier molecular flexibility index (Phi) is 4.34. The summed E-state index contributed by atoms with van der Waals surface area (Å²) in [5.41, 5.74) is -0.473. The topological polar surface area (TPSA) is 51.2 Å². The van der Waals surface area contributed by atoms with Crippen molar-refractivity contribution in [2.75, 3.05) is 11.9 Å². The molecule has 0 radical (unpaired) electrons. The average molecular weight is 294 g/mol. The monoisotopic (exact) mass is 294 g/mol. The Labute approximate surface area is 120 Å². The highest BCUT2D eigenvalue weighted by molar-refractivity contribution is 7.09. The Balaban J connectivity index is 2.32. The Morgan fingerprint density at radius 2 is 2.15 bits per heavy atom. The number of hydrogen-bond acceptors (Lipinski definition) is 5. The minimum atomic E-state index is -1.10. The summed E-state index contributed by atoms with van der Waals surface area (Å²) in [6, 6.07) is 5.80. The lowest BCUT2D eigenvalue weighted by atomic mass is 10.0. The quantitative estimate of drug-likeness (QED) is 0.861. The summed E-state index contributed by atoms with van der Waals surface area (Å²) in [5.74, 6) is -0.748. The molecule has 0 bridgehead atoms. The Bertz CT molecular complexity index is 571. The summed E-state index contributed by atoms with van der Waals surface area (Å²) in [4.78, 5) is 16.4. The molecule has 1 heterocycles. The molecule has 4 nitrogen and oxygen atoms in total. The fourth-order valence-electron chi connectivity index (χ4n) is 1.76. The largest absolute Gasteiger partial charge is 0.464 e. The van der Waals surface area contributed by atoms with Crippen LogP contribution in [0.4, 0.5) is 10.1 Å². The molecule has 6 heteroatoms. The number of ether oxygens (including phenoxy) is 1. The van der Waals surface area contributed by atoms with Gasteiger partial charge in [-0.1, -0.05) is 0 Å². The summed E-state index contributed by atoms with van der Waals surface area (Å²) in [6.45, 7) is 3.73. The van der Waals surface area contributed by atoms with Crippen molar-refractivity contribution < 1.29 is 13.9 Å². The van der Waals surface area contributed by atoms with Crippen molar-refractivity contribution in [3.63, 3.8) is 0 Å². The molecule has 0 aliphatic rings. The van der Waals surface area contributed by atoms with Gasteiger partial charge in [-0.2, -0.15) is 0 Å². The Morgan fingerprint density at radius 1 is 1.45 bits per heavy atom. The second-order valence-electron chi connectivity index (χ2n) is 4.31. The first-order chi connectivity index (χ1) is 9.56. The predicted molar refractivity (Wildman–Crippen MR) is 76.1 cm³/mol. The molecule has 0 amide bonds. The number of nitrogens with zero attached hydrogens (tertiary/aromatic N) is 1. The second-order valence-corrected chi connectivity index (χ2v) is 5.21. The summed E-state index contributed by atoms with van der Waals surface area (Å²) < 4.78 is 18.1. The van der Waals surface area contributed by atoms with E-state index in [-0.39, 0.29) is 12.4 Å². The summed E-state index contributed by atoms with van der Waals surface area (Å²) in [5, 5.41) is 5.46. The average Bonchev–Trinajstić information content (AvgIpc) is 2.96. The van der Waals surface area contributed by atoms with Gasteiger partial charge in [0.1, 0.15) is 10.8 Å². The first kappa shape index (κ1) is 14.5. The van der Waals surface area contributed by atoms with Gasteiger partial charge in [0.2, 0.25) is 0 Å². The number of rotatable bonds is 5. The van der Waals surface area contributed by atoms with Crippen molar-refractivity contribution in [1.29, 1.82) is 0 Å². The van der Waals surface area contributed by atoms with Gasteiger partial charge < -0.3 is 10.1 Å². The number of anilines is 1. The molecule has 20 heavy (non-hydrogen) atoms. The molecule has 0 aliphatic carbocycles. The van der Waals surface area contributed by atoms with E-state index in [1.807, 2.05) is 0 Å². The highest BCUT2D eigenvalue weighted by atomic mass is 32.1. The van der Waals surface area contributed by atoms with Crippen LogP contribution in [0.1, 0.15) is 18.9 Å². The van der Waals surface area contributed by atoms with Crippen LogP contribution in [-0.2, 0) is 15.1 Å². The molecular weight excluding hydrogens is 279 g/mol. The molecule has 1 aromatic carbocycles. The number of benzene rings is 1. The van der Waals surface area contributed by atoms with Crippen LogP contribution >= 0.6 is 11.3 Å². The maximum absolute atomic E-state index is 12.9. The van der Waals surface area contributed by atoms with Gasteiger partial charge in [0.15, 0.2) is 5.54 Å². The van der Waals surface area contributed by atoms with E-state index < -0.39 is 11.5 Å². The predicted octanol–water partition coefficient (Wildman–Crippen LogP) is 3.17. The standard InChI is InChI=1S/C14H15FN2O2S/c1-3-19-13(18)14(2,12-16-8-9-20-12)17-11-6-4-10(15)5-7-11/h4-9,17H,3H2,1-2H3. The number of hydrogen-bond donors (Lipinski definition) is 1. The molecule has 1 atom stereocenters. The van der Waals surface area contributed by atoms with Crippen LogP contribution < -0.4 is 5.32 Å². The highest BCUT2D eigenvalue weighted by Gasteiger charge is 2.39. The smallest absolute Gasteiger partial charge is 0.338 e. The molecule has 0 spiro atoms. The molecular formula is C14H15FN2O2S. The minimum Gasteiger partial charge on any atom is -0.464 e. The van der Waals surface area contributed by atoms with Crippen LogP contribution in [-0.4, -0.2) is 17.6 Å². The zero-order chi connectivity index (χ0) is 14.6. The maximum atomic E-state index is 12.9. The van der Waals surface area contributed by atoms with Gasteiger partial charge in [0.25, 0.3) is 0 Å². The third kappa shape index (κ3) is 2.96. The molecule has 1 unspecified atom stereocenters. The van der Waals surface area contributed by atoms with Gasteiger partial charge >= 0.3 is 5.97 Å². The van der Waals surface area contributed by atoms with Crippen LogP contribution in [0, 0.1) is 5.82 Å². The fourth-order valence-corrected chi connectivity index (χ4v) is 2.50. The Morgan fingerprint density at radius 3 is 2.70 bits per heavy atom. The first-order valence-electron chi connectivity index (χ1n) is 6.17. The van der Waals surface area contributed by atoms with E-state index in [1.54, 1.807) is 37.6 Å². The lowest BCUT2D eigenvalue weighted by Crippen LogP contribution is -2.41. The van der Waals surface area contributed by atoms with Gasteiger partial charge in [0.05, 0.1) is 6.61 Å². The van der Waals surface area contributed by atoms with Crippen LogP contribution in [0.2, 0.25) is 0 Å². The number of esters is 1. The lowest BCUT2D eigenvalue weighted by Gasteiger charge is -2.27. The van der Waals surface area contributed by atoms with Crippen molar-refractivity contribution in [2.45, 2.75) is 19.4 Å². The maximum Gasteiger partial charge on any atom is 0.338 e.